The number of nitrogens with zero attached hydrogens (tertiary/aromatic N) is 2. The van der Waals surface area contributed by atoms with E-state index in [1.165, 1.54) is 6.07 Å². The van der Waals surface area contributed by atoms with E-state index in [1.54, 1.807) is 23.6 Å². The van der Waals surface area contributed by atoms with Gasteiger partial charge in [-0.15, -0.1) is 0 Å². The molecule has 0 radical (unpaired) electrons. The Morgan fingerprint density at radius 3 is 2.61 bits per heavy atom. The molecule has 0 saturated heterocycles. The molecule has 3 N–H and O–H groups in total. The van der Waals surface area contributed by atoms with Gasteiger partial charge in [0, 0.05) is 46.1 Å². The highest BCUT2D eigenvalue weighted by Gasteiger charge is 2.14. The lowest BCUT2D eigenvalue weighted by atomic mass is 10.1. The van der Waals surface area contributed by atoms with E-state index in [2.05, 4.69) is 36.6 Å². The summed E-state index contributed by atoms with van der Waals surface area (Å²) in [6.07, 6.45) is 0.289. The first kappa shape index (κ1) is 19.8. The zero-order chi connectivity index (χ0) is 20.3. The summed E-state index contributed by atoms with van der Waals surface area (Å²) in [6, 6.07) is 8.67. The minimum atomic E-state index is -0.242. The van der Waals surface area contributed by atoms with Gasteiger partial charge in [-0.1, -0.05) is 15.9 Å². The third kappa shape index (κ3) is 4.66. The van der Waals surface area contributed by atoms with Crippen LogP contribution in [0.4, 0.5) is 5.69 Å². The van der Waals surface area contributed by atoms with Crippen molar-refractivity contribution in [3.8, 4) is 0 Å². The summed E-state index contributed by atoms with van der Waals surface area (Å²) in [5.74, 6) is -0.388. The molecular weight excluding hydrogens is 426 g/mol. The van der Waals surface area contributed by atoms with E-state index in [4.69, 9.17) is 0 Å². The molecule has 146 valence electrons. The number of aryl methyl sites for hydroxylation is 2. The van der Waals surface area contributed by atoms with Crippen LogP contribution >= 0.6 is 15.9 Å². The Morgan fingerprint density at radius 1 is 1.18 bits per heavy atom. The molecule has 0 aliphatic heterocycles. The van der Waals surface area contributed by atoms with Crippen molar-refractivity contribution in [3.63, 3.8) is 0 Å². The predicted octanol–water partition coefficient (Wildman–Crippen LogP) is 2.09. The van der Waals surface area contributed by atoms with Crippen molar-refractivity contribution in [2.75, 3.05) is 11.9 Å². The third-order valence-corrected chi connectivity index (χ3v) is 4.87. The van der Waals surface area contributed by atoms with Crippen molar-refractivity contribution < 1.29 is 9.59 Å². The van der Waals surface area contributed by atoms with Crippen LogP contribution in [0.15, 0.2) is 39.6 Å². The molecule has 2 heterocycles. The van der Waals surface area contributed by atoms with Gasteiger partial charge in [0.15, 0.2) is 5.65 Å². The van der Waals surface area contributed by atoms with Gasteiger partial charge < -0.3 is 10.6 Å². The molecule has 8 nitrogen and oxygen atoms in total. The van der Waals surface area contributed by atoms with Crippen LogP contribution in [0.25, 0.3) is 5.65 Å². The quantitative estimate of drug-likeness (QED) is 0.539. The van der Waals surface area contributed by atoms with Crippen molar-refractivity contribution in [1.82, 2.24) is 19.9 Å². The third-order valence-electron chi connectivity index (χ3n) is 4.34. The van der Waals surface area contributed by atoms with Gasteiger partial charge in [0.1, 0.15) is 0 Å². The maximum Gasteiger partial charge on any atom is 0.266 e. The number of fused-ring (bicyclic) bond motifs is 1. The number of rotatable bonds is 6. The lowest BCUT2D eigenvalue weighted by Crippen LogP contribution is -2.29. The van der Waals surface area contributed by atoms with Gasteiger partial charge >= 0.3 is 0 Å². The SMILES string of the molecule is Cc1nc2cc(=O)[nH]n2c(C)c1CC(=O)NCCC(=O)Nc1ccc(Br)cc1. The minimum Gasteiger partial charge on any atom is -0.355 e. The number of carbonyl (C=O) groups is 2. The van der Waals surface area contributed by atoms with Gasteiger partial charge in [-0.25, -0.2) is 9.50 Å². The number of nitrogens with one attached hydrogen (secondary N) is 3. The molecule has 0 aliphatic carbocycles. The first-order chi connectivity index (χ1) is 13.3. The molecule has 0 saturated carbocycles. The number of anilines is 1. The molecular formula is C19H20BrN5O3. The summed E-state index contributed by atoms with van der Waals surface area (Å²) in [6.45, 7) is 3.86. The van der Waals surface area contributed by atoms with Gasteiger partial charge in [0.05, 0.1) is 6.42 Å². The minimum absolute atomic E-state index is 0.120. The molecule has 0 aliphatic rings. The summed E-state index contributed by atoms with van der Waals surface area (Å²) in [4.78, 5) is 40.1. The molecule has 2 amide bonds. The van der Waals surface area contributed by atoms with E-state index < -0.39 is 0 Å². The first-order valence-corrected chi connectivity index (χ1v) is 9.53. The number of aromatic nitrogens is 3. The summed E-state index contributed by atoms with van der Waals surface area (Å²) in [5, 5.41) is 8.19. The van der Waals surface area contributed by atoms with Gasteiger partial charge in [0.2, 0.25) is 11.8 Å². The molecule has 3 rings (SSSR count). The first-order valence-electron chi connectivity index (χ1n) is 8.73. The second-order valence-electron chi connectivity index (χ2n) is 6.41. The molecule has 3 aromatic rings. The Labute approximate surface area is 169 Å². The number of halogens is 1. The van der Waals surface area contributed by atoms with Gasteiger partial charge in [-0.2, -0.15) is 0 Å². The largest absolute Gasteiger partial charge is 0.355 e. The van der Waals surface area contributed by atoms with Crippen LogP contribution in [0.3, 0.4) is 0 Å². The van der Waals surface area contributed by atoms with Crippen LogP contribution in [0, 0.1) is 13.8 Å². The fourth-order valence-corrected chi connectivity index (χ4v) is 3.17. The molecule has 9 heteroatoms. The van der Waals surface area contributed by atoms with Gasteiger partial charge in [0.25, 0.3) is 5.56 Å². The Morgan fingerprint density at radius 2 is 1.89 bits per heavy atom. The molecule has 1 aromatic carbocycles. The molecule has 0 bridgehead atoms. The summed E-state index contributed by atoms with van der Waals surface area (Å²) >= 11 is 3.34. The van der Waals surface area contributed by atoms with Crippen molar-refractivity contribution in [1.29, 1.82) is 0 Å². The monoisotopic (exact) mass is 445 g/mol. The van der Waals surface area contributed by atoms with E-state index in [-0.39, 0.29) is 36.8 Å². The zero-order valence-electron chi connectivity index (χ0n) is 15.5. The fraction of sp³-hybridized carbons (Fsp3) is 0.263. The van der Waals surface area contributed by atoms with Crippen LogP contribution < -0.4 is 16.2 Å². The standard InChI is InChI=1S/C19H20BrN5O3/c1-11-15(12(2)25-16(22-11)10-19(28)24-25)9-18(27)21-8-7-17(26)23-14-5-3-13(20)4-6-14/h3-6,10H,7-9H2,1-2H3,(H,21,27)(H,23,26)(H,24,28). The van der Waals surface area contributed by atoms with Crippen molar-refractivity contribution in [3.05, 3.63) is 62.1 Å². The number of hydrogen-bond acceptors (Lipinski definition) is 4. The Balaban J connectivity index is 1.54. The highest BCUT2D eigenvalue weighted by atomic mass is 79.9. The Hall–Kier alpha value is -2.94. The lowest BCUT2D eigenvalue weighted by molar-refractivity contribution is -0.120. The van der Waals surface area contributed by atoms with E-state index in [0.29, 0.717) is 17.0 Å². The maximum absolute atomic E-state index is 12.3. The van der Waals surface area contributed by atoms with Crippen LogP contribution in [0.1, 0.15) is 23.4 Å². The van der Waals surface area contributed by atoms with Gasteiger partial charge in [-0.3, -0.25) is 19.5 Å². The van der Waals surface area contributed by atoms with E-state index in [9.17, 15) is 14.4 Å². The van der Waals surface area contributed by atoms with Crippen LogP contribution in [0.2, 0.25) is 0 Å². The highest BCUT2D eigenvalue weighted by molar-refractivity contribution is 9.10. The molecule has 0 atom stereocenters. The summed E-state index contributed by atoms with van der Waals surface area (Å²) in [5.41, 5.74) is 3.18. The van der Waals surface area contributed by atoms with Crippen molar-refractivity contribution >= 4 is 39.1 Å². The topological polar surface area (TPSA) is 108 Å². The van der Waals surface area contributed by atoms with Crippen molar-refractivity contribution in [2.24, 2.45) is 0 Å². The average molecular weight is 446 g/mol. The van der Waals surface area contributed by atoms with Crippen molar-refractivity contribution in [2.45, 2.75) is 26.7 Å². The Kier molecular flexibility index (Phi) is 5.93. The molecule has 0 fully saturated rings. The number of H-pyrrole nitrogens is 1. The number of hydrogen-bond donors (Lipinski definition) is 3. The summed E-state index contributed by atoms with van der Waals surface area (Å²) in [7, 11) is 0. The number of benzene rings is 1. The van der Waals surface area contributed by atoms with E-state index in [1.807, 2.05) is 19.1 Å². The summed E-state index contributed by atoms with van der Waals surface area (Å²) < 4.78 is 2.50. The zero-order valence-corrected chi connectivity index (χ0v) is 17.1. The molecule has 0 spiro atoms. The molecule has 0 unspecified atom stereocenters. The van der Waals surface area contributed by atoms with Crippen LogP contribution in [-0.4, -0.2) is 33.0 Å². The van der Waals surface area contributed by atoms with Crippen LogP contribution in [-0.2, 0) is 16.0 Å². The number of amides is 2. The van der Waals surface area contributed by atoms with Crippen LogP contribution in [0.5, 0.6) is 0 Å². The lowest BCUT2D eigenvalue weighted by Gasteiger charge is -2.12. The fourth-order valence-electron chi connectivity index (χ4n) is 2.91. The molecule has 2 aromatic heterocycles. The number of carbonyl (C=O) groups excluding carboxylic acids is 2. The van der Waals surface area contributed by atoms with Gasteiger partial charge in [-0.05, 0) is 38.1 Å². The Bertz CT molecular complexity index is 1090. The number of aromatic amines is 1. The normalized spacial score (nSPS) is 10.8. The van der Waals surface area contributed by atoms with E-state index in [0.717, 1.165) is 15.7 Å². The highest BCUT2D eigenvalue weighted by Crippen LogP contribution is 2.15. The smallest absolute Gasteiger partial charge is 0.266 e. The second-order valence-corrected chi connectivity index (χ2v) is 7.32. The maximum atomic E-state index is 12.3. The predicted molar refractivity (Wildman–Crippen MR) is 109 cm³/mol. The average Bonchev–Trinajstić information content (AvgIpc) is 3.01. The second kappa shape index (κ2) is 8.39. The molecule has 28 heavy (non-hydrogen) atoms. The van der Waals surface area contributed by atoms with E-state index >= 15 is 0 Å².